The minimum absolute atomic E-state index is 0.155. The number of hydrogen-bond acceptors (Lipinski definition) is 6. The highest BCUT2D eigenvalue weighted by molar-refractivity contribution is 7.99. The molecule has 32 heavy (non-hydrogen) atoms. The van der Waals surface area contributed by atoms with Gasteiger partial charge in [-0.05, 0) is 31.2 Å². The van der Waals surface area contributed by atoms with Gasteiger partial charge < -0.3 is 9.88 Å². The molecule has 0 aliphatic heterocycles. The number of carbonyl (C=O) groups excluding carboxylic acids is 1. The van der Waals surface area contributed by atoms with E-state index in [0.717, 1.165) is 17.8 Å². The standard InChI is InChI=1S/C20H19F3N4O3S2/c1-2-27-17(13-32(29,30)14-8-4-3-5-9-14)25-26-19(27)31-12-18(28)24-16-11-7-6-10-15(16)20(21,22)23/h3-11H,2,12-13H2,1H3,(H,24,28). The molecule has 0 saturated carbocycles. The molecule has 1 amide bonds. The normalized spacial score (nSPS) is 12.0. The molecule has 0 unspecified atom stereocenters. The summed E-state index contributed by atoms with van der Waals surface area (Å²) in [6.07, 6.45) is -4.60. The lowest BCUT2D eigenvalue weighted by atomic mass is 10.1. The summed E-state index contributed by atoms with van der Waals surface area (Å²) in [5.41, 5.74) is -1.28. The predicted molar refractivity (Wildman–Crippen MR) is 114 cm³/mol. The number of benzene rings is 2. The Bertz CT molecular complexity index is 1200. The second kappa shape index (κ2) is 9.74. The molecule has 12 heteroatoms. The van der Waals surface area contributed by atoms with Crippen molar-refractivity contribution in [3.8, 4) is 0 Å². The lowest BCUT2D eigenvalue weighted by Crippen LogP contribution is -2.18. The first-order valence-corrected chi connectivity index (χ1v) is 12.0. The molecule has 1 heterocycles. The van der Waals surface area contributed by atoms with Gasteiger partial charge in [0, 0.05) is 6.54 Å². The van der Waals surface area contributed by atoms with Gasteiger partial charge in [-0.15, -0.1) is 10.2 Å². The van der Waals surface area contributed by atoms with E-state index in [1.807, 2.05) is 0 Å². The van der Waals surface area contributed by atoms with Crippen LogP contribution >= 0.6 is 11.8 Å². The molecule has 0 radical (unpaired) electrons. The van der Waals surface area contributed by atoms with Gasteiger partial charge in [-0.2, -0.15) is 13.2 Å². The molecule has 0 spiro atoms. The van der Waals surface area contributed by atoms with Gasteiger partial charge in [0.15, 0.2) is 15.0 Å². The first-order valence-electron chi connectivity index (χ1n) is 9.40. The van der Waals surface area contributed by atoms with Gasteiger partial charge in [0.2, 0.25) is 5.91 Å². The van der Waals surface area contributed by atoms with Crippen LogP contribution in [-0.4, -0.2) is 34.8 Å². The van der Waals surface area contributed by atoms with Crippen molar-refractivity contribution in [2.24, 2.45) is 0 Å². The zero-order valence-electron chi connectivity index (χ0n) is 16.8. The summed E-state index contributed by atoms with van der Waals surface area (Å²) in [5.74, 6) is -1.04. The number of hydrogen-bond donors (Lipinski definition) is 1. The van der Waals surface area contributed by atoms with Crippen molar-refractivity contribution < 1.29 is 26.4 Å². The van der Waals surface area contributed by atoms with Crippen LogP contribution in [0.4, 0.5) is 18.9 Å². The van der Waals surface area contributed by atoms with E-state index < -0.39 is 27.5 Å². The summed E-state index contributed by atoms with van der Waals surface area (Å²) >= 11 is 0.956. The van der Waals surface area contributed by atoms with Crippen LogP contribution in [0.25, 0.3) is 0 Å². The smallest absolute Gasteiger partial charge is 0.325 e. The Hall–Kier alpha value is -2.86. The quantitative estimate of drug-likeness (QED) is 0.486. The number of sulfone groups is 1. The third-order valence-electron chi connectivity index (χ3n) is 4.37. The highest BCUT2D eigenvalue weighted by atomic mass is 32.2. The number of carbonyl (C=O) groups is 1. The molecule has 0 aliphatic carbocycles. The first kappa shape index (κ1) is 23.8. The monoisotopic (exact) mass is 484 g/mol. The van der Waals surface area contributed by atoms with Crippen molar-refractivity contribution in [3.63, 3.8) is 0 Å². The number of thioether (sulfide) groups is 1. The highest BCUT2D eigenvalue weighted by Gasteiger charge is 2.33. The molecule has 2 aromatic carbocycles. The van der Waals surface area contributed by atoms with E-state index in [9.17, 15) is 26.4 Å². The molecule has 3 aromatic rings. The maximum atomic E-state index is 13.1. The fourth-order valence-electron chi connectivity index (χ4n) is 2.89. The van der Waals surface area contributed by atoms with Gasteiger partial charge in [-0.3, -0.25) is 4.79 Å². The van der Waals surface area contributed by atoms with Crippen LogP contribution in [-0.2, 0) is 33.1 Å². The van der Waals surface area contributed by atoms with Crippen LogP contribution in [0, 0.1) is 0 Å². The number of aromatic nitrogens is 3. The van der Waals surface area contributed by atoms with E-state index in [1.165, 1.54) is 30.3 Å². The summed E-state index contributed by atoms with van der Waals surface area (Å²) in [7, 11) is -3.64. The second-order valence-corrected chi connectivity index (χ2v) is 9.53. The number of nitrogens with zero attached hydrogens (tertiary/aromatic N) is 3. The van der Waals surface area contributed by atoms with Gasteiger partial charge in [-0.1, -0.05) is 42.1 Å². The summed E-state index contributed by atoms with van der Waals surface area (Å²) in [5, 5.41) is 10.4. The van der Waals surface area contributed by atoms with Crippen LogP contribution in [0.15, 0.2) is 64.6 Å². The minimum atomic E-state index is -4.60. The SMILES string of the molecule is CCn1c(CS(=O)(=O)c2ccccc2)nnc1SCC(=O)Nc1ccccc1C(F)(F)F. The van der Waals surface area contributed by atoms with E-state index in [4.69, 9.17) is 0 Å². The van der Waals surface area contributed by atoms with Crippen LogP contribution in [0.1, 0.15) is 18.3 Å². The zero-order valence-corrected chi connectivity index (χ0v) is 18.5. The molecule has 0 fully saturated rings. The van der Waals surface area contributed by atoms with Gasteiger partial charge in [-0.25, -0.2) is 8.42 Å². The number of anilines is 1. The Morgan fingerprint density at radius 3 is 2.38 bits per heavy atom. The van der Waals surface area contributed by atoms with Crippen LogP contribution in [0.3, 0.4) is 0 Å². The van der Waals surface area contributed by atoms with Crippen molar-refractivity contribution >= 4 is 33.2 Å². The average Bonchev–Trinajstić information content (AvgIpc) is 3.13. The Morgan fingerprint density at radius 1 is 1.06 bits per heavy atom. The molecule has 3 rings (SSSR count). The maximum Gasteiger partial charge on any atom is 0.418 e. The molecule has 1 N–H and O–H groups in total. The molecular weight excluding hydrogens is 465 g/mol. The topological polar surface area (TPSA) is 93.9 Å². The second-order valence-electron chi connectivity index (χ2n) is 6.60. The van der Waals surface area contributed by atoms with Gasteiger partial charge >= 0.3 is 6.18 Å². The van der Waals surface area contributed by atoms with Crippen molar-refractivity contribution in [1.82, 2.24) is 14.8 Å². The average molecular weight is 485 g/mol. The highest BCUT2D eigenvalue weighted by Crippen LogP contribution is 2.34. The van der Waals surface area contributed by atoms with Crippen LogP contribution in [0.2, 0.25) is 0 Å². The molecule has 0 saturated heterocycles. The molecule has 0 bridgehead atoms. The summed E-state index contributed by atoms with van der Waals surface area (Å²) in [6, 6.07) is 12.6. The number of rotatable bonds is 8. The van der Waals surface area contributed by atoms with Crippen LogP contribution in [0.5, 0.6) is 0 Å². The third kappa shape index (κ3) is 5.68. The Labute approximate surface area is 187 Å². The molecule has 1 aromatic heterocycles. The molecule has 0 aliphatic rings. The van der Waals surface area contributed by atoms with Crippen molar-refractivity contribution in [1.29, 1.82) is 0 Å². The Morgan fingerprint density at radius 2 is 1.72 bits per heavy atom. The molecule has 170 valence electrons. The predicted octanol–water partition coefficient (Wildman–Crippen LogP) is 4.02. The fourth-order valence-corrected chi connectivity index (χ4v) is 5.00. The molecular formula is C20H19F3N4O3S2. The number of alkyl halides is 3. The number of nitrogens with one attached hydrogen (secondary N) is 1. The summed E-state index contributed by atoms with van der Waals surface area (Å²) in [4.78, 5) is 12.4. The van der Waals surface area contributed by atoms with Crippen LogP contribution < -0.4 is 5.32 Å². The number of para-hydroxylation sites is 1. The van der Waals surface area contributed by atoms with Gasteiger partial charge in [0.25, 0.3) is 0 Å². The molecule has 7 nitrogen and oxygen atoms in total. The maximum absolute atomic E-state index is 13.1. The van der Waals surface area contributed by atoms with E-state index >= 15 is 0 Å². The Balaban J connectivity index is 1.69. The molecule has 0 atom stereocenters. The zero-order chi connectivity index (χ0) is 23.4. The van der Waals surface area contributed by atoms with Crippen molar-refractivity contribution in [3.05, 3.63) is 66.0 Å². The van der Waals surface area contributed by atoms with E-state index in [0.29, 0.717) is 11.7 Å². The van der Waals surface area contributed by atoms with Crippen molar-refractivity contribution in [2.75, 3.05) is 11.1 Å². The largest absolute Gasteiger partial charge is 0.418 e. The third-order valence-corrected chi connectivity index (χ3v) is 6.97. The van der Waals surface area contributed by atoms with E-state index in [1.54, 1.807) is 29.7 Å². The number of halogens is 3. The lowest BCUT2D eigenvalue weighted by Gasteiger charge is -2.13. The Kier molecular flexibility index (Phi) is 7.24. The van der Waals surface area contributed by atoms with Crippen molar-refractivity contribution in [2.45, 2.75) is 35.4 Å². The van der Waals surface area contributed by atoms with Gasteiger partial charge in [0.1, 0.15) is 11.6 Å². The summed E-state index contributed by atoms with van der Waals surface area (Å²) in [6.45, 7) is 2.12. The van der Waals surface area contributed by atoms with Gasteiger partial charge in [0.05, 0.1) is 21.9 Å². The minimum Gasteiger partial charge on any atom is -0.325 e. The number of amides is 1. The lowest BCUT2D eigenvalue weighted by molar-refractivity contribution is -0.137. The fraction of sp³-hybridized carbons (Fsp3) is 0.250. The van der Waals surface area contributed by atoms with E-state index in [-0.39, 0.29) is 27.9 Å². The summed E-state index contributed by atoms with van der Waals surface area (Å²) < 4.78 is 66.0. The first-order chi connectivity index (χ1) is 15.1. The van der Waals surface area contributed by atoms with E-state index in [2.05, 4.69) is 15.5 Å².